The van der Waals surface area contributed by atoms with Gasteiger partial charge in [0.2, 0.25) is 5.91 Å². The molecule has 6 heteroatoms. The molecular formula is C20H26N2O3S. The molecule has 0 fully saturated rings. The fourth-order valence-corrected chi connectivity index (χ4v) is 3.42. The molecule has 1 aromatic heterocycles. The molecule has 0 spiro atoms. The van der Waals surface area contributed by atoms with E-state index in [1.165, 1.54) is 11.3 Å². The molecule has 26 heavy (non-hydrogen) atoms. The summed E-state index contributed by atoms with van der Waals surface area (Å²) >= 11 is 1.34. The van der Waals surface area contributed by atoms with E-state index in [2.05, 4.69) is 24.5 Å². The molecule has 0 saturated carbocycles. The van der Waals surface area contributed by atoms with Gasteiger partial charge in [-0.1, -0.05) is 43.7 Å². The predicted octanol–water partition coefficient (Wildman–Crippen LogP) is 4.08. The third-order valence-corrected chi connectivity index (χ3v) is 4.62. The summed E-state index contributed by atoms with van der Waals surface area (Å²) < 4.78 is 5.21. The number of hydrogen-bond donors (Lipinski definition) is 2. The zero-order chi connectivity index (χ0) is 19.1. The average molecular weight is 375 g/mol. The maximum atomic E-state index is 12.5. The second kappa shape index (κ2) is 9.50. The summed E-state index contributed by atoms with van der Waals surface area (Å²) in [4.78, 5) is 24.7. The summed E-state index contributed by atoms with van der Waals surface area (Å²) in [6, 6.07) is 7.93. The Kier molecular flexibility index (Phi) is 7.36. The Morgan fingerprint density at radius 2 is 1.88 bits per heavy atom. The quantitative estimate of drug-likeness (QED) is 0.683. The molecule has 5 nitrogen and oxygen atoms in total. The number of carbonyl (C=O) groups excluding carboxylic acids is 2. The number of nitrogens with one attached hydrogen (secondary N) is 2. The molecule has 0 aliphatic carbocycles. The van der Waals surface area contributed by atoms with Gasteiger partial charge in [0.25, 0.3) is 0 Å². The highest BCUT2D eigenvalue weighted by molar-refractivity contribution is 7.15. The van der Waals surface area contributed by atoms with Crippen molar-refractivity contribution in [2.24, 2.45) is 5.92 Å². The molecule has 1 heterocycles. The molecule has 0 saturated heterocycles. The van der Waals surface area contributed by atoms with Crippen LogP contribution in [0.3, 0.4) is 0 Å². The molecule has 2 rings (SSSR count). The highest BCUT2D eigenvalue weighted by Crippen LogP contribution is 2.36. The minimum Gasteiger partial charge on any atom is -0.462 e. The van der Waals surface area contributed by atoms with E-state index in [9.17, 15) is 9.59 Å². The summed E-state index contributed by atoms with van der Waals surface area (Å²) in [5, 5.41) is 8.35. The number of hydrogen-bond acceptors (Lipinski definition) is 5. The lowest BCUT2D eigenvalue weighted by atomic mass is 10.0. The van der Waals surface area contributed by atoms with E-state index in [1.807, 2.05) is 36.6 Å². The normalized spacial score (nSPS) is 10.8. The number of amides is 1. The van der Waals surface area contributed by atoms with Crippen LogP contribution in [0.1, 0.15) is 36.7 Å². The maximum Gasteiger partial charge on any atom is 0.341 e. The largest absolute Gasteiger partial charge is 0.462 e. The maximum absolute atomic E-state index is 12.5. The molecule has 0 unspecified atom stereocenters. The van der Waals surface area contributed by atoms with Gasteiger partial charge >= 0.3 is 5.97 Å². The zero-order valence-corrected chi connectivity index (χ0v) is 16.5. The van der Waals surface area contributed by atoms with Gasteiger partial charge in [0.15, 0.2) is 0 Å². The Hall–Kier alpha value is -2.18. The van der Waals surface area contributed by atoms with Crippen LogP contribution < -0.4 is 10.6 Å². The SMILES string of the molecule is CCOC(=O)c1c(-c2ccc(C)cc2)csc1NC(=O)CNCC(C)C. The molecule has 0 radical (unpaired) electrons. The molecule has 2 aromatic rings. The number of benzene rings is 1. The smallest absolute Gasteiger partial charge is 0.341 e. The van der Waals surface area contributed by atoms with Crippen molar-refractivity contribution in [2.75, 3.05) is 25.0 Å². The summed E-state index contributed by atoms with van der Waals surface area (Å²) in [7, 11) is 0. The molecular weight excluding hydrogens is 348 g/mol. The lowest BCUT2D eigenvalue weighted by Crippen LogP contribution is -2.30. The van der Waals surface area contributed by atoms with Crippen LogP contribution in [-0.2, 0) is 9.53 Å². The summed E-state index contributed by atoms with van der Waals surface area (Å²) in [5.74, 6) is -0.129. The zero-order valence-electron chi connectivity index (χ0n) is 15.7. The Morgan fingerprint density at radius 3 is 2.50 bits per heavy atom. The number of thiophene rings is 1. The number of anilines is 1. The fraction of sp³-hybridized carbons (Fsp3) is 0.400. The molecule has 0 atom stereocenters. The molecule has 1 amide bonds. The van der Waals surface area contributed by atoms with Crippen molar-refractivity contribution >= 4 is 28.2 Å². The van der Waals surface area contributed by atoms with Gasteiger partial charge in [-0.2, -0.15) is 0 Å². The molecule has 0 aliphatic rings. The predicted molar refractivity (Wildman–Crippen MR) is 107 cm³/mol. The Labute approximate surface area is 158 Å². The minimum atomic E-state index is -0.422. The Balaban J connectivity index is 2.24. The average Bonchev–Trinajstić information content (AvgIpc) is 2.99. The van der Waals surface area contributed by atoms with Crippen LogP contribution in [0.15, 0.2) is 29.6 Å². The van der Waals surface area contributed by atoms with Gasteiger partial charge in [-0.25, -0.2) is 4.79 Å². The number of ether oxygens (including phenoxy) is 1. The van der Waals surface area contributed by atoms with Gasteiger partial charge in [-0.05, 0) is 31.9 Å². The van der Waals surface area contributed by atoms with Crippen LogP contribution in [0.25, 0.3) is 11.1 Å². The highest BCUT2D eigenvalue weighted by Gasteiger charge is 2.22. The third kappa shape index (κ3) is 5.41. The van der Waals surface area contributed by atoms with E-state index < -0.39 is 5.97 Å². The van der Waals surface area contributed by atoms with E-state index in [4.69, 9.17) is 4.74 Å². The van der Waals surface area contributed by atoms with Gasteiger partial charge in [0, 0.05) is 10.9 Å². The fourth-order valence-electron chi connectivity index (χ4n) is 2.45. The molecule has 2 N–H and O–H groups in total. The molecule has 0 aliphatic heterocycles. The highest BCUT2D eigenvalue weighted by atomic mass is 32.1. The molecule has 0 bridgehead atoms. The first-order chi connectivity index (χ1) is 12.4. The Morgan fingerprint density at radius 1 is 1.19 bits per heavy atom. The van der Waals surface area contributed by atoms with Crippen molar-refractivity contribution in [3.05, 3.63) is 40.8 Å². The van der Waals surface area contributed by atoms with Crippen LogP contribution in [0.4, 0.5) is 5.00 Å². The van der Waals surface area contributed by atoms with Gasteiger partial charge in [-0.15, -0.1) is 11.3 Å². The van der Waals surface area contributed by atoms with Gasteiger partial charge in [0.05, 0.1) is 13.2 Å². The lowest BCUT2D eigenvalue weighted by molar-refractivity contribution is -0.115. The topological polar surface area (TPSA) is 67.4 Å². The summed E-state index contributed by atoms with van der Waals surface area (Å²) in [5.41, 5.74) is 3.26. The van der Waals surface area contributed by atoms with E-state index in [1.54, 1.807) is 6.92 Å². The van der Waals surface area contributed by atoms with Crippen molar-refractivity contribution in [1.82, 2.24) is 5.32 Å². The van der Waals surface area contributed by atoms with Crippen molar-refractivity contribution in [1.29, 1.82) is 0 Å². The molecule has 140 valence electrons. The third-order valence-electron chi connectivity index (χ3n) is 3.72. The number of esters is 1. The lowest BCUT2D eigenvalue weighted by Gasteiger charge is -2.10. The van der Waals surface area contributed by atoms with Crippen LogP contribution >= 0.6 is 11.3 Å². The van der Waals surface area contributed by atoms with Crippen molar-refractivity contribution in [3.63, 3.8) is 0 Å². The van der Waals surface area contributed by atoms with Crippen molar-refractivity contribution < 1.29 is 14.3 Å². The Bertz CT molecular complexity index is 751. The first kappa shape index (κ1) is 20.1. The van der Waals surface area contributed by atoms with E-state index >= 15 is 0 Å². The second-order valence-electron chi connectivity index (χ2n) is 6.51. The van der Waals surface area contributed by atoms with Gasteiger partial charge in [0.1, 0.15) is 10.6 Å². The van der Waals surface area contributed by atoms with Gasteiger partial charge in [-0.3, -0.25) is 4.79 Å². The first-order valence-corrected chi connectivity index (χ1v) is 9.66. The monoisotopic (exact) mass is 374 g/mol. The van der Waals surface area contributed by atoms with Crippen LogP contribution in [0.2, 0.25) is 0 Å². The molecule has 1 aromatic carbocycles. The van der Waals surface area contributed by atoms with Gasteiger partial charge < -0.3 is 15.4 Å². The number of aryl methyl sites for hydroxylation is 1. The standard InChI is InChI=1S/C20H26N2O3S/c1-5-25-20(24)18-16(15-8-6-14(4)7-9-15)12-26-19(18)22-17(23)11-21-10-13(2)3/h6-9,12-13,21H,5,10-11H2,1-4H3,(H,22,23). The summed E-state index contributed by atoms with van der Waals surface area (Å²) in [6.07, 6.45) is 0. The van der Waals surface area contributed by atoms with Crippen molar-refractivity contribution in [2.45, 2.75) is 27.7 Å². The second-order valence-corrected chi connectivity index (χ2v) is 7.39. The summed E-state index contributed by atoms with van der Waals surface area (Å²) in [6.45, 7) is 9.19. The van der Waals surface area contributed by atoms with E-state index in [0.717, 1.165) is 23.2 Å². The first-order valence-electron chi connectivity index (χ1n) is 8.78. The van der Waals surface area contributed by atoms with E-state index in [-0.39, 0.29) is 19.1 Å². The number of carbonyl (C=O) groups is 2. The van der Waals surface area contributed by atoms with E-state index in [0.29, 0.717) is 16.5 Å². The minimum absolute atomic E-state index is 0.173. The van der Waals surface area contributed by atoms with Crippen molar-refractivity contribution in [3.8, 4) is 11.1 Å². The van der Waals surface area contributed by atoms with Crippen LogP contribution in [0, 0.1) is 12.8 Å². The van der Waals surface area contributed by atoms with Crippen LogP contribution in [-0.4, -0.2) is 31.6 Å². The number of rotatable bonds is 8. The van der Waals surface area contributed by atoms with Crippen LogP contribution in [0.5, 0.6) is 0 Å².